The second-order valence-corrected chi connectivity index (χ2v) is 7.06. The molecule has 112 valence electrons. The maximum atomic E-state index is 12.2. The van der Waals surface area contributed by atoms with Crippen molar-refractivity contribution in [2.24, 2.45) is 0 Å². The number of aromatic nitrogens is 2. The highest BCUT2D eigenvalue weighted by Gasteiger charge is 2.16. The van der Waals surface area contributed by atoms with Crippen molar-refractivity contribution in [2.75, 3.05) is 5.32 Å². The molecule has 0 unspecified atom stereocenters. The minimum Gasteiger partial charge on any atom is -0.333 e. The molecule has 2 aromatic carbocycles. The van der Waals surface area contributed by atoms with Crippen molar-refractivity contribution < 1.29 is 4.79 Å². The molecule has 4 nitrogen and oxygen atoms in total. The van der Waals surface area contributed by atoms with Crippen LogP contribution >= 0.6 is 27.7 Å². The first-order valence-corrected chi connectivity index (χ1v) is 8.47. The van der Waals surface area contributed by atoms with Crippen molar-refractivity contribution in [1.29, 1.82) is 0 Å². The number of carbonyl (C=O) groups excluding carboxylic acids is 1. The van der Waals surface area contributed by atoms with Gasteiger partial charge in [-0.3, -0.25) is 4.79 Å². The normalized spacial score (nSPS) is 12.3. The summed E-state index contributed by atoms with van der Waals surface area (Å²) >= 11 is 4.78. The highest BCUT2D eigenvalue weighted by Crippen LogP contribution is 2.24. The zero-order valence-electron chi connectivity index (χ0n) is 11.8. The molecule has 1 aromatic heterocycles. The first-order valence-electron chi connectivity index (χ1n) is 6.79. The van der Waals surface area contributed by atoms with Crippen molar-refractivity contribution in [2.45, 2.75) is 17.3 Å². The van der Waals surface area contributed by atoms with E-state index in [9.17, 15) is 4.79 Å². The number of anilines is 1. The average Bonchev–Trinajstić information content (AvgIpc) is 2.91. The summed E-state index contributed by atoms with van der Waals surface area (Å²) in [6.45, 7) is 1.87. The Labute approximate surface area is 140 Å². The van der Waals surface area contributed by atoms with E-state index in [1.54, 1.807) is 0 Å². The average molecular weight is 376 g/mol. The molecule has 1 atom stereocenters. The number of rotatable bonds is 4. The third-order valence-electron chi connectivity index (χ3n) is 3.14. The molecule has 0 bridgehead atoms. The lowest BCUT2D eigenvalue weighted by atomic mass is 10.3. The molecule has 22 heavy (non-hydrogen) atoms. The molecular formula is C16H14BrN3OS. The van der Waals surface area contributed by atoms with E-state index in [-0.39, 0.29) is 11.2 Å². The van der Waals surface area contributed by atoms with Gasteiger partial charge >= 0.3 is 0 Å². The summed E-state index contributed by atoms with van der Waals surface area (Å²) < 4.78 is 0.982. The summed E-state index contributed by atoms with van der Waals surface area (Å²) in [4.78, 5) is 19.9. The van der Waals surface area contributed by atoms with Crippen molar-refractivity contribution in [3.63, 3.8) is 0 Å². The number of halogens is 1. The van der Waals surface area contributed by atoms with Gasteiger partial charge in [0.05, 0.1) is 16.3 Å². The van der Waals surface area contributed by atoms with E-state index in [0.29, 0.717) is 0 Å². The SMILES string of the molecule is C[C@@H](Sc1nc2ccccc2[nH]1)C(=O)Nc1ccc(Br)cc1. The number of thioether (sulfide) groups is 1. The molecule has 0 saturated heterocycles. The molecule has 0 aliphatic heterocycles. The predicted octanol–water partition coefficient (Wildman–Crippen LogP) is 4.44. The Balaban J connectivity index is 1.66. The van der Waals surface area contributed by atoms with Gasteiger partial charge in [-0.15, -0.1) is 0 Å². The highest BCUT2D eigenvalue weighted by molar-refractivity contribution is 9.10. The third kappa shape index (κ3) is 3.51. The van der Waals surface area contributed by atoms with Crippen molar-refractivity contribution in [1.82, 2.24) is 9.97 Å². The van der Waals surface area contributed by atoms with Crippen molar-refractivity contribution in [3.8, 4) is 0 Å². The van der Waals surface area contributed by atoms with Crippen molar-refractivity contribution in [3.05, 3.63) is 53.0 Å². The number of aromatic amines is 1. The number of hydrogen-bond donors (Lipinski definition) is 2. The second kappa shape index (κ2) is 6.54. The Morgan fingerprint density at radius 1 is 1.23 bits per heavy atom. The number of benzene rings is 2. The Morgan fingerprint density at radius 2 is 1.95 bits per heavy atom. The van der Waals surface area contributed by atoms with Crippen LogP contribution in [0.15, 0.2) is 58.2 Å². The van der Waals surface area contributed by atoms with Gasteiger partial charge in [0.25, 0.3) is 0 Å². The van der Waals surface area contributed by atoms with Gasteiger partial charge in [0.2, 0.25) is 5.91 Å². The lowest BCUT2D eigenvalue weighted by Crippen LogP contribution is -2.22. The van der Waals surface area contributed by atoms with E-state index in [2.05, 4.69) is 31.2 Å². The fourth-order valence-corrected chi connectivity index (χ4v) is 3.07. The molecule has 3 rings (SSSR count). The molecule has 1 amide bonds. The van der Waals surface area contributed by atoms with E-state index < -0.39 is 0 Å². The molecule has 0 fully saturated rings. The summed E-state index contributed by atoms with van der Waals surface area (Å²) in [5.74, 6) is -0.0484. The summed E-state index contributed by atoms with van der Waals surface area (Å²) in [6, 6.07) is 15.3. The molecule has 3 aromatic rings. The second-order valence-electron chi connectivity index (χ2n) is 4.82. The molecule has 0 aliphatic carbocycles. The number of amides is 1. The lowest BCUT2D eigenvalue weighted by Gasteiger charge is -2.10. The van der Waals surface area contributed by atoms with E-state index >= 15 is 0 Å². The van der Waals surface area contributed by atoms with Crippen LogP contribution in [0.4, 0.5) is 5.69 Å². The van der Waals surface area contributed by atoms with Gasteiger partial charge < -0.3 is 10.3 Å². The fourth-order valence-electron chi connectivity index (χ4n) is 1.98. The molecule has 6 heteroatoms. The molecule has 0 radical (unpaired) electrons. The standard InChI is InChI=1S/C16H14BrN3OS/c1-10(15(21)18-12-8-6-11(17)7-9-12)22-16-19-13-4-2-3-5-14(13)20-16/h2-10H,1H3,(H,18,21)(H,19,20)/t10-/m1/s1. The molecular weight excluding hydrogens is 362 g/mol. The topological polar surface area (TPSA) is 57.8 Å². The van der Waals surface area contributed by atoms with Crippen LogP contribution in [0.3, 0.4) is 0 Å². The third-order valence-corrected chi connectivity index (χ3v) is 4.65. The molecule has 1 heterocycles. The molecule has 0 saturated carbocycles. The van der Waals surface area contributed by atoms with Gasteiger partial charge in [-0.25, -0.2) is 4.98 Å². The summed E-state index contributed by atoms with van der Waals surface area (Å²) in [7, 11) is 0. The first kappa shape index (κ1) is 15.1. The van der Waals surface area contributed by atoms with E-state index in [1.807, 2.05) is 55.5 Å². The Kier molecular flexibility index (Phi) is 4.49. The van der Waals surface area contributed by atoms with Crippen LogP contribution in [0.2, 0.25) is 0 Å². The zero-order chi connectivity index (χ0) is 15.5. The summed E-state index contributed by atoms with van der Waals surface area (Å²) in [5, 5.41) is 3.40. The van der Waals surface area contributed by atoms with Crippen LogP contribution in [0.25, 0.3) is 11.0 Å². The Hall–Kier alpha value is -1.79. The largest absolute Gasteiger partial charge is 0.333 e. The number of para-hydroxylation sites is 2. The summed E-state index contributed by atoms with van der Waals surface area (Å²) in [6.07, 6.45) is 0. The number of H-pyrrole nitrogens is 1. The number of carbonyl (C=O) groups is 1. The van der Waals surface area contributed by atoms with E-state index in [1.165, 1.54) is 11.8 Å². The van der Waals surface area contributed by atoms with Crippen LogP contribution in [-0.4, -0.2) is 21.1 Å². The maximum absolute atomic E-state index is 12.2. The predicted molar refractivity (Wildman–Crippen MR) is 94.2 cm³/mol. The number of nitrogens with zero attached hydrogens (tertiary/aromatic N) is 1. The van der Waals surface area contributed by atoms with E-state index in [0.717, 1.165) is 26.3 Å². The Bertz CT molecular complexity index is 768. The Morgan fingerprint density at radius 3 is 2.68 bits per heavy atom. The minimum absolute atomic E-state index is 0.0484. The highest BCUT2D eigenvalue weighted by atomic mass is 79.9. The van der Waals surface area contributed by atoms with Gasteiger partial charge in [-0.2, -0.15) is 0 Å². The molecule has 0 aliphatic rings. The lowest BCUT2D eigenvalue weighted by molar-refractivity contribution is -0.115. The van der Waals surface area contributed by atoms with Crippen LogP contribution in [0, 0.1) is 0 Å². The van der Waals surface area contributed by atoms with Crippen molar-refractivity contribution >= 4 is 50.3 Å². The monoisotopic (exact) mass is 375 g/mol. The summed E-state index contributed by atoms with van der Waals surface area (Å²) in [5.41, 5.74) is 2.67. The van der Waals surface area contributed by atoms with E-state index in [4.69, 9.17) is 0 Å². The van der Waals surface area contributed by atoms with Gasteiger partial charge in [0, 0.05) is 10.2 Å². The zero-order valence-corrected chi connectivity index (χ0v) is 14.2. The molecule has 2 N–H and O–H groups in total. The smallest absolute Gasteiger partial charge is 0.237 e. The maximum Gasteiger partial charge on any atom is 0.237 e. The van der Waals surface area contributed by atoms with Crippen LogP contribution in [0.1, 0.15) is 6.92 Å². The fraction of sp³-hybridized carbons (Fsp3) is 0.125. The molecule has 0 spiro atoms. The quantitative estimate of drug-likeness (QED) is 0.662. The number of nitrogens with one attached hydrogen (secondary N) is 2. The first-order chi connectivity index (χ1) is 10.6. The number of imidazole rings is 1. The minimum atomic E-state index is -0.246. The van der Waals surface area contributed by atoms with Gasteiger partial charge in [-0.05, 0) is 43.3 Å². The van der Waals surface area contributed by atoms with Gasteiger partial charge in [0.15, 0.2) is 5.16 Å². The van der Waals surface area contributed by atoms with Crippen LogP contribution in [0.5, 0.6) is 0 Å². The number of fused-ring (bicyclic) bond motifs is 1. The number of hydrogen-bond acceptors (Lipinski definition) is 3. The van der Waals surface area contributed by atoms with Gasteiger partial charge in [-0.1, -0.05) is 39.8 Å². The van der Waals surface area contributed by atoms with Crippen LogP contribution in [-0.2, 0) is 4.79 Å². The van der Waals surface area contributed by atoms with Gasteiger partial charge in [0.1, 0.15) is 0 Å². The van der Waals surface area contributed by atoms with Crippen LogP contribution < -0.4 is 5.32 Å².